The predicted molar refractivity (Wildman–Crippen MR) is 77.8 cm³/mol. The van der Waals surface area contributed by atoms with Gasteiger partial charge in [0.25, 0.3) is 0 Å². The number of ether oxygens (including phenoxy) is 1. The van der Waals surface area contributed by atoms with Crippen molar-refractivity contribution in [3.8, 4) is 11.8 Å². The molecule has 19 heavy (non-hydrogen) atoms. The summed E-state index contributed by atoms with van der Waals surface area (Å²) in [5.74, 6) is 5.61. The molecular formula is C16H23NO2. The Kier molecular flexibility index (Phi) is 7.92. The van der Waals surface area contributed by atoms with Gasteiger partial charge in [-0.25, -0.2) is 0 Å². The van der Waals surface area contributed by atoms with Gasteiger partial charge in [0.2, 0.25) is 0 Å². The van der Waals surface area contributed by atoms with Gasteiger partial charge in [-0.15, -0.1) is 0 Å². The Labute approximate surface area is 116 Å². The van der Waals surface area contributed by atoms with E-state index in [9.17, 15) is 0 Å². The number of aliphatic hydroxyl groups excluding tert-OH is 1. The third-order valence-electron chi connectivity index (χ3n) is 2.85. The van der Waals surface area contributed by atoms with Crippen LogP contribution in [0.5, 0.6) is 0 Å². The Morgan fingerprint density at radius 3 is 2.84 bits per heavy atom. The molecule has 0 saturated carbocycles. The van der Waals surface area contributed by atoms with Gasteiger partial charge in [-0.2, -0.15) is 0 Å². The van der Waals surface area contributed by atoms with Crippen LogP contribution < -0.4 is 0 Å². The molecule has 0 aliphatic heterocycles. The second-order valence-electron chi connectivity index (χ2n) is 4.23. The minimum Gasteiger partial charge on any atom is -0.384 e. The van der Waals surface area contributed by atoms with E-state index in [0.717, 1.165) is 38.4 Å². The molecule has 0 bridgehead atoms. The fourth-order valence-electron chi connectivity index (χ4n) is 1.83. The van der Waals surface area contributed by atoms with Gasteiger partial charge < -0.3 is 9.84 Å². The van der Waals surface area contributed by atoms with E-state index in [-0.39, 0.29) is 6.61 Å². The van der Waals surface area contributed by atoms with Crippen molar-refractivity contribution in [3.63, 3.8) is 0 Å². The molecule has 0 atom stereocenters. The predicted octanol–water partition coefficient (Wildman–Crippen LogP) is 1.89. The largest absolute Gasteiger partial charge is 0.384 e. The Balaban J connectivity index is 2.58. The summed E-state index contributed by atoms with van der Waals surface area (Å²) in [6, 6.07) is 8.15. The lowest BCUT2D eigenvalue weighted by Crippen LogP contribution is -2.27. The highest BCUT2D eigenvalue weighted by Gasteiger charge is 2.03. The lowest BCUT2D eigenvalue weighted by molar-refractivity contribution is 0.113. The number of nitrogens with zero attached hydrogens (tertiary/aromatic N) is 1. The Bertz CT molecular complexity index is 420. The van der Waals surface area contributed by atoms with Crippen LogP contribution in [0.3, 0.4) is 0 Å². The Morgan fingerprint density at radius 2 is 2.16 bits per heavy atom. The van der Waals surface area contributed by atoms with Gasteiger partial charge in [-0.1, -0.05) is 30.9 Å². The van der Waals surface area contributed by atoms with Crippen LogP contribution in [0.15, 0.2) is 24.3 Å². The highest BCUT2D eigenvalue weighted by Crippen LogP contribution is 2.07. The molecule has 3 heteroatoms. The van der Waals surface area contributed by atoms with Crippen LogP contribution in [0.1, 0.15) is 25.0 Å². The number of hydrogen-bond donors (Lipinski definition) is 1. The molecule has 1 aromatic rings. The highest BCUT2D eigenvalue weighted by atomic mass is 16.5. The molecule has 0 fully saturated rings. The van der Waals surface area contributed by atoms with Crippen LogP contribution in [0.2, 0.25) is 0 Å². The minimum atomic E-state index is -0.0976. The maximum Gasteiger partial charge on any atom is 0.104 e. The molecule has 3 nitrogen and oxygen atoms in total. The van der Waals surface area contributed by atoms with Gasteiger partial charge in [0.1, 0.15) is 6.61 Å². The summed E-state index contributed by atoms with van der Waals surface area (Å²) in [6.45, 7) is 8.45. The molecule has 1 rings (SSSR count). The molecule has 0 unspecified atom stereocenters. The van der Waals surface area contributed by atoms with Crippen molar-refractivity contribution < 1.29 is 9.84 Å². The van der Waals surface area contributed by atoms with Crippen LogP contribution in [0.4, 0.5) is 0 Å². The molecular weight excluding hydrogens is 238 g/mol. The van der Waals surface area contributed by atoms with Crippen LogP contribution >= 0.6 is 0 Å². The van der Waals surface area contributed by atoms with E-state index in [1.54, 1.807) is 0 Å². The topological polar surface area (TPSA) is 32.7 Å². The Morgan fingerprint density at radius 1 is 1.32 bits per heavy atom. The van der Waals surface area contributed by atoms with Gasteiger partial charge in [0, 0.05) is 25.3 Å². The minimum absolute atomic E-state index is 0.0976. The third-order valence-corrected chi connectivity index (χ3v) is 2.85. The third kappa shape index (κ3) is 6.40. The maximum absolute atomic E-state index is 8.71. The van der Waals surface area contributed by atoms with Crippen molar-refractivity contribution in [2.24, 2.45) is 0 Å². The fourth-order valence-corrected chi connectivity index (χ4v) is 1.83. The number of benzene rings is 1. The van der Waals surface area contributed by atoms with Crippen molar-refractivity contribution in [2.45, 2.75) is 20.4 Å². The normalized spacial score (nSPS) is 10.3. The van der Waals surface area contributed by atoms with E-state index >= 15 is 0 Å². The summed E-state index contributed by atoms with van der Waals surface area (Å²) < 4.78 is 5.39. The van der Waals surface area contributed by atoms with Crippen molar-refractivity contribution in [2.75, 3.05) is 32.9 Å². The fraction of sp³-hybridized carbons (Fsp3) is 0.500. The number of aliphatic hydroxyl groups is 1. The number of rotatable bonds is 7. The van der Waals surface area contributed by atoms with Crippen molar-refractivity contribution in [3.05, 3.63) is 35.4 Å². The first-order chi connectivity index (χ1) is 9.30. The van der Waals surface area contributed by atoms with Crippen LogP contribution in [0, 0.1) is 11.8 Å². The first kappa shape index (κ1) is 15.7. The molecule has 0 aromatic heterocycles. The zero-order valence-corrected chi connectivity index (χ0v) is 11.9. The second-order valence-corrected chi connectivity index (χ2v) is 4.23. The first-order valence-electron chi connectivity index (χ1n) is 6.78. The summed E-state index contributed by atoms with van der Waals surface area (Å²) in [4.78, 5) is 2.34. The smallest absolute Gasteiger partial charge is 0.104 e. The van der Waals surface area contributed by atoms with E-state index in [1.807, 2.05) is 19.1 Å². The lowest BCUT2D eigenvalue weighted by Gasteiger charge is -2.20. The summed E-state index contributed by atoms with van der Waals surface area (Å²) >= 11 is 0. The van der Waals surface area contributed by atoms with Crippen molar-refractivity contribution >= 4 is 0 Å². The number of likely N-dealkylation sites (N-methyl/N-ethyl adjacent to an activating group) is 1. The van der Waals surface area contributed by atoms with Crippen molar-refractivity contribution in [1.82, 2.24) is 4.90 Å². The molecule has 0 radical (unpaired) electrons. The summed E-state index contributed by atoms with van der Waals surface area (Å²) in [7, 11) is 0. The molecule has 104 valence electrons. The van der Waals surface area contributed by atoms with E-state index in [4.69, 9.17) is 9.84 Å². The van der Waals surface area contributed by atoms with Gasteiger partial charge in [0.05, 0.1) is 6.61 Å². The molecule has 1 aromatic carbocycles. The standard InChI is InChI=1S/C16H23NO2/c1-3-17(10-12-19-4-2)14-16-8-5-7-15(13-16)9-6-11-18/h5,7-8,13,18H,3-4,10-12,14H2,1-2H3. The zero-order chi connectivity index (χ0) is 13.9. The van der Waals surface area contributed by atoms with Crippen LogP contribution in [0.25, 0.3) is 0 Å². The summed E-state index contributed by atoms with van der Waals surface area (Å²) in [5.41, 5.74) is 2.19. The molecule has 0 amide bonds. The maximum atomic E-state index is 8.71. The van der Waals surface area contributed by atoms with E-state index in [1.165, 1.54) is 5.56 Å². The van der Waals surface area contributed by atoms with Gasteiger partial charge in [-0.3, -0.25) is 4.90 Å². The monoisotopic (exact) mass is 261 g/mol. The quantitative estimate of drug-likeness (QED) is 0.601. The molecule has 0 heterocycles. The average Bonchev–Trinajstić information content (AvgIpc) is 2.44. The van der Waals surface area contributed by atoms with Crippen LogP contribution in [-0.2, 0) is 11.3 Å². The van der Waals surface area contributed by atoms with Gasteiger partial charge in [-0.05, 0) is 31.2 Å². The van der Waals surface area contributed by atoms with Gasteiger partial charge in [0.15, 0.2) is 0 Å². The molecule has 0 saturated heterocycles. The average molecular weight is 261 g/mol. The van der Waals surface area contributed by atoms with E-state index < -0.39 is 0 Å². The second kappa shape index (κ2) is 9.57. The van der Waals surface area contributed by atoms with Crippen molar-refractivity contribution in [1.29, 1.82) is 0 Å². The zero-order valence-electron chi connectivity index (χ0n) is 11.9. The molecule has 1 N–H and O–H groups in total. The Hall–Kier alpha value is -1.34. The first-order valence-corrected chi connectivity index (χ1v) is 6.78. The molecule has 0 spiro atoms. The van der Waals surface area contributed by atoms with Crippen LogP contribution in [-0.4, -0.2) is 42.9 Å². The highest BCUT2D eigenvalue weighted by molar-refractivity contribution is 5.37. The summed E-state index contributed by atoms with van der Waals surface area (Å²) in [6.07, 6.45) is 0. The van der Waals surface area contributed by atoms with E-state index in [2.05, 4.69) is 35.8 Å². The van der Waals surface area contributed by atoms with Gasteiger partial charge >= 0.3 is 0 Å². The number of hydrogen-bond acceptors (Lipinski definition) is 3. The summed E-state index contributed by atoms with van der Waals surface area (Å²) in [5, 5.41) is 8.71. The molecule has 0 aliphatic rings. The lowest BCUT2D eigenvalue weighted by atomic mass is 10.1. The van der Waals surface area contributed by atoms with E-state index in [0.29, 0.717) is 0 Å². The molecule has 0 aliphatic carbocycles. The SMILES string of the molecule is CCOCCN(CC)Cc1cccc(C#CCO)c1.